The number of rotatable bonds is 0. The van der Waals surface area contributed by atoms with Crippen LogP contribution in [0.4, 0.5) is 0 Å². The van der Waals surface area contributed by atoms with E-state index >= 15 is 0 Å². The van der Waals surface area contributed by atoms with Crippen molar-refractivity contribution in [2.45, 2.75) is 0 Å². The van der Waals surface area contributed by atoms with E-state index in [2.05, 4.69) is 0 Å². The Morgan fingerprint density at radius 3 is 0.300 bits per heavy atom. The standard InChI is InChI=1S/Bi.ClH.8H2O.3H/h;1H;8*1H2;;;. The molecule has 0 spiro atoms. The Bertz CT molecular complexity index is 9.22. The molecule has 0 atom stereocenters. The van der Waals surface area contributed by atoms with Gasteiger partial charge in [0.25, 0.3) is 0 Å². The van der Waals surface area contributed by atoms with Gasteiger partial charge in [0, 0.05) is 0 Å². The van der Waals surface area contributed by atoms with E-state index in [4.69, 9.17) is 0 Å². The molecular weight excluding hydrogens is 372 g/mol. The fourth-order valence-electron chi connectivity index (χ4n) is 0. The second-order valence-electron chi connectivity index (χ2n) is 0. The van der Waals surface area contributed by atoms with Crippen molar-refractivity contribution in [1.82, 2.24) is 0 Å². The summed E-state index contributed by atoms with van der Waals surface area (Å²) >= 11 is 0. The van der Waals surface area contributed by atoms with Gasteiger partial charge in [0.15, 0.2) is 0 Å². The maximum atomic E-state index is 0. The van der Waals surface area contributed by atoms with E-state index in [1.807, 2.05) is 0 Å². The predicted molar refractivity (Wildman–Crippen MR) is 46.1 cm³/mol. The van der Waals surface area contributed by atoms with Gasteiger partial charge in [-0.3, -0.25) is 0 Å². The van der Waals surface area contributed by atoms with Gasteiger partial charge in [-0.2, -0.15) is 0 Å². The maximum absolute atomic E-state index is 0. The number of halogens is 1. The Labute approximate surface area is 82.6 Å². The van der Waals surface area contributed by atoms with Gasteiger partial charge >= 0.3 is 26.2 Å². The number of hydrogen-bond donors (Lipinski definition) is 0. The summed E-state index contributed by atoms with van der Waals surface area (Å²) < 4.78 is 0. The molecule has 10 heteroatoms. The average Bonchev–Trinajstić information content (AvgIpc) is 0. The molecule has 0 radical (unpaired) electrons. The van der Waals surface area contributed by atoms with Crippen LogP contribution in [-0.4, -0.2) is 70.0 Å². The van der Waals surface area contributed by atoms with Crippen LogP contribution in [0.25, 0.3) is 0 Å². The van der Waals surface area contributed by atoms with Gasteiger partial charge in [0.1, 0.15) is 0 Å². The van der Waals surface area contributed by atoms with Crippen LogP contribution in [0.5, 0.6) is 0 Å². The van der Waals surface area contributed by atoms with Crippen LogP contribution in [-0.2, 0) is 0 Å². The van der Waals surface area contributed by atoms with Gasteiger partial charge in [-0.05, 0) is 0 Å². The topological polar surface area (TPSA) is 252 Å². The van der Waals surface area contributed by atoms with Crippen molar-refractivity contribution in [3.63, 3.8) is 0 Å². The Balaban J connectivity index is 0. The molecule has 0 aliphatic rings. The summed E-state index contributed by atoms with van der Waals surface area (Å²) in [6, 6.07) is 0. The Kier molecular flexibility index (Phi) is 154000. The van der Waals surface area contributed by atoms with Crippen molar-refractivity contribution < 1.29 is 43.8 Å². The molecule has 8 nitrogen and oxygen atoms in total. The summed E-state index contributed by atoms with van der Waals surface area (Å²) in [5, 5.41) is 0. The van der Waals surface area contributed by atoms with Crippen molar-refractivity contribution >= 4 is 38.6 Å². The van der Waals surface area contributed by atoms with Gasteiger partial charge in [-0.25, -0.2) is 0 Å². The molecule has 0 bridgehead atoms. The quantitative estimate of drug-likeness (QED) is 0.348. The number of hydrogen-bond acceptors (Lipinski definition) is 0. The molecule has 16 N–H and O–H groups in total. The van der Waals surface area contributed by atoms with Gasteiger partial charge in [0.2, 0.25) is 0 Å². The van der Waals surface area contributed by atoms with E-state index in [-0.39, 0.29) is 82.4 Å². The molecule has 0 saturated heterocycles. The van der Waals surface area contributed by atoms with Crippen molar-refractivity contribution in [1.29, 1.82) is 0 Å². The Hall–Kier alpha value is 0.853. The third kappa shape index (κ3) is 750. The molecule has 0 aliphatic carbocycles. The van der Waals surface area contributed by atoms with Crippen LogP contribution >= 0.6 is 12.4 Å². The summed E-state index contributed by atoms with van der Waals surface area (Å²) in [4.78, 5) is 0. The second-order valence-corrected chi connectivity index (χ2v) is 0. The zero-order valence-corrected chi connectivity index (χ0v) is 11.4. The molecule has 0 fully saturated rings. The first kappa shape index (κ1) is 1450. The average molecular weight is 393 g/mol. The molecule has 0 aliphatic heterocycles. The fraction of sp³-hybridized carbons (Fsp3) is 0. The molecule has 0 heterocycles. The fourth-order valence-corrected chi connectivity index (χ4v) is 0. The van der Waals surface area contributed by atoms with Crippen LogP contribution < -0.4 is 0 Å². The Morgan fingerprint density at radius 2 is 0.300 bits per heavy atom. The van der Waals surface area contributed by atoms with E-state index in [0.717, 1.165) is 0 Å². The van der Waals surface area contributed by atoms with Crippen LogP contribution in [0.1, 0.15) is 0 Å². The van der Waals surface area contributed by atoms with Crippen molar-refractivity contribution in [2.75, 3.05) is 0 Å². The zero-order chi connectivity index (χ0) is 0. The molecular formula is H20BiClO8. The summed E-state index contributed by atoms with van der Waals surface area (Å²) in [5.74, 6) is 0. The van der Waals surface area contributed by atoms with Crippen LogP contribution in [0.15, 0.2) is 0 Å². The van der Waals surface area contributed by atoms with E-state index in [1.54, 1.807) is 0 Å². The zero-order valence-electron chi connectivity index (χ0n) is 5.12. The van der Waals surface area contributed by atoms with Gasteiger partial charge in [-0.15, -0.1) is 12.4 Å². The monoisotopic (exact) mass is 392 g/mol. The van der Waals surface area contributed by atoms with Crippen LogP contribution in [0.2, 0.25) is 0 Å². The predicted octanol–water partition coefficient (Wildman–Crippen LogP) is -7.36. The van der Waals surface area contributed by atoms with Gasteiger partial charge < -0.3 is 43.8 Å². The van der Waals surface area contributed by atoms with Crippen molar-refractivity contribution in [2.24, 2.45) is 0 Å². The third-order valence-corrected chi connectivity index (χ3v) is 0. The molecule has 0 saturated carbocycles. The second kappa shape index (κ2) is 1060. The van der Waals surface area contributed by atoms with Gasteiger partial charge in [0.05, 0.1) is 0 Å². The van der Waals surface area contributed by atoms with Gasteiger partial charge in [-0.1, -0.05) is 0 Å². The molecule has 0 aromatic rings. The van der Waals surface area contributed by atoms with Crippen LogP contribution in [0, 0.1) is 0 Å². The molecule has 0 aromatic heterocycles. The minimum atomic E-state index is 0. The van der Waals surface area contributed by atoms with Crippen LogP contribution in [0.3, 0.4) is 0 Å². The summed E-state index contributed by atoms with van der Waals surface area (Å²) in [7, 11) is 0. The molecule has 0 rings (SSSR count). The van der Waals surface area contributed by atoms with E-state index in [1.165, 1.54) is 0 Å². The SMILES string of the molecule is Cl.O.O.O.O.O.O.O.O.[BiH3]. The first-order valence-corrected chi connectivity index (χ1v) is 0. The molecule has 80 valence electrons. The third-order valence-electron chi connectivity index (χ3n) is 0. The van der Waals surface area contributed by atoms with Crippen molar-refractivity contribution in [3.8, 4) is 0 Å². The molecule has 10 heavy (non-hydrogen) atoms. The van der Waals surface area contributed by atoms with E-state index < -0.39 is 0 Å². The molecule has 0 unspecified atom stereocenters. The summed E-state index contributed by atoms with van der Waals surface area (Å²) in [6.45, 7) is 0. The normalized spacial score (nSPS) is 0. The summed E-state index contributed by atoms with van der Waals surface area (Å²) in [5.41, 5.74) is 0. The van der Waals surface area contributed by atoms with E-state index in [9.17, 15) is 0 Å². The minimum absolute atomic E-state index is 0. The first-order valence-electron chi connectivity index (χ1n) is 0. The molecule has 0 aromatic carbocycles. The van der Waals surface area contributed by atoms with E-state index in [0.29, 0.717) is 0 Å². The first-order chi connectivity index (χ1) is 0. The van der Waals surface area contributed by atoms with Crippen molar-refractivity contribution in [3.05, 3.63) is 0 Å². The molecule has 0 amide bonds. The summed E-state index contributed by atoms with van der Waals surface area (Å²) in [6.07, 6.45) is 0. The Morgan fingerprint density at radius 1 is 0.300 bits per heavy atom.